The monoisotopic (exact) mass is 345 g/mol. The predicted octanol–water partition coefficient (Wildman–Crippen LogP) is 2.20. The number of nitrogens with zero attached hydrogens (tertiary/aromatic N) is 1. The molecule has 2 aliphatic heterocycles. The molecule has 134 valence electrons. The molecule has 0 radical (unpaired) electrons. The van der Waals surface area contributed by atoms with Gasteiger partial charge in [0.15, 0.2) is 0 Å². The smallest absolute Gasteiger partial charge is 0.411 e. The lowest BCUT2D eigenvalue weighted by atomic mass is 10.0. The highest BCUT2D eigenvalue weighted by molar-refractivity contribution is 6.01. The zero-order valence-electron chi connectivity index (χ0n) is 14.7. The summed E-state index contributed by atoms with van der Waals surface area (Å²) in [6, 6.07) is 7.09. The number of imide groups is 1. The highest BCUT2D eigenvalue weighted by Gasteiger charge is 2.41. The van der Waals surface area contributed by atoms with Crippen LogP contribution in [0.15, 0.2) is 24.3 Å². The average Bonchev–Trinajstić information content (AvgIpc) is 2.88. The molecule has 0 saturated carbocycles. The number of benzene rings is 1. The topological polar surface area (TPSA) is 87.7 Å². The molecular formula is C18H23N3O4. The van der Waals surface area contributed by atoms with Crippen molar-refractivity contribution in [1.82, 2.24) is 10.2 Å². The molecule has 0 aromatic heterocycles. The Labute approximate surface area is 146 Å². The summed E-state index contributed by atoms with van der Waals surface area (Å²) in [7, 11) is 0. The lowest BCUT2D eigenvalue weighted by Gasteiger charge is -2.27. The number of ether oxygens (including phenoxy) is 1. The minimum absolute atomic E-state index is 0.0378. The maximum Gasteiger partial charge on any atom is 0.411 e. The fraction of sp³-hybridized carbons (Fsp3) is 0.500. The van der Waals surface area contributed by atoms with Crippen LogP contribution in [0, 0.1) is 0 Å². The number of hydrogen-bond donors (Lipinski definition) is 2. The van der Waals surface area contributed by atoms with Crippen LogP contribution in [-0.4, -0.2) is 40.9 Å². The zero-order chi connectivity index (χ0) is 18.2. The average molecular weight is 345 g/mol. The minimum atomic E-state index is -0.642. The molecule has 7 heteroatoms. The Kier molecular flexibility index (Phi) is 4.41. The van der Waals surface area contributed by atoms with E-state index in [-0.39, 0.29) is 17.9 Å². The first-order chi connectivity index (χ1) is 11.7. The van der Waals surface area contributed by atoms with Crippen LogP contribution < -0.4 is 10.6 Å². The molecule has 2 N–H and O–H groups in total. The number of anilines is 1. The minimum Gasteiger partial charge on any atom is -0.439 e. The molecule has 0 aliphatic carbocycles. The fourth-order valence-corrected chi connectivity index (χ4v) is 3.10. The number of piperidine rings is 1. The van der Waals surface area contributed by atoms with Gasteiger partial charge >= 0.3 is 6.09 Å². The number of carbonyl (C=O) groups excluding carboxylic acids is 3. The Morgan fingerprint density at radius 1 is 1.16 bits per heavy atom. The molecule has 1 aromatic rings. The van der Waals surface area contributed by atoms with Crippen LogP contribution in [0.5, 0.6) is 0 Å². The van der Waals surface area contributed by atoms with E-state index < -0.39 is 24.1 Å². The largest absolute Gasteiger partial charge is 0.439 e. The van der Waals surface area contributed by atoms with Crippen molar-refractivity contribution < 1.29 is 19.1 Å². The second-order valence-electron chi connectivity index (χ2n) is 7.49. The molecule has 2 atom stereocenters. The Morgan fingerprint density at radius 2 is 1.84 bits per heavy atom. The predicted molar refractivity (Wildman–Crippen MR) is 91.9 cm³/mol. The number of carbonyl (C=O) groups is 3. The lowest BCUT2D eigenvalue weighted by Crippen LogP contribution is -2.52. The first-order valence-corrected chi connectivity index (χ1v) is 8.42. The Hall–Kier alpha value is -2.57. The number of hydrogen-bond acceptors (Lipinski definition) is 5. The van der Waals surface area contributed by atoms with E-state index in [0.717, 1.165) is 11.3 Å². The molecule has 25 heavy (non-hydrogen) atoms. The van der Waals surface area contributed by atoms with E-state index in [1.807, 2.05) is 24.3 Å². The third-order valence-corrected chi connectivity index (χ3v) is 4.23. The van der Waals surface area contributed by atoms with Gasteiger partial charge in [-0.3, -0.25) is 19.8 Å². The maximum atomic E-state index is 12.2. The van der Waals surface area contributed by atoms with Crippen LogP contribution in [0.1, 0.15) is 45.3 Å². The second-order valence-corrected chi connectivity index (χ2v) is 7.49. The summed E-state index contributed by atoms with van der Waals surface area (Å²) in [5, 5.41) is 5.65. The fourth-order valence-electron chi connectivity index (χ4n) is 3.10. The summed E-state index contributed by atoms with van der Waals surface area (Å²) in [5.41, 5.74) is 1.83. The number of cyclic esters (lactones) is 1. The standard InChI is InChI=1S/C18H23N3O4/c1-18(2,3)20-12-6-4-11(5-7-12)14-10-21(17(24)25-14)13-8-9-15(22)19-16(13)23/h4-7,13-14,20H,8-10H2,1-3H3,(H,19,22,23). The van der Waals surface area contributed by atoms with Crippen molar-refractivity contribution in [2.45, 2.75) is 51.3 Å². The van der Waals surface area contributed by atoms with Gasteiger partial charge in [-0.15, -0.1) is 0 Å². The SMILES string of the molecule is CC(C)(C)Nc1ccc(C2CN(C3CCC(=O)NC3=O)C(=O)O2)cc1. The third kappa shape index (κ3) is 3.92. The van der Waals surface area contributed by atoms with E-state index in [2.05, 4.69) is 31.4 Å². The highest BCUT2D eigenvalue weighted by Crippen LogP contribution is 2.30. The molecular weight excluding hydrogens is 322 g/mol. The van der Waals surface area contributed by atoms with Crippen molar-refractivity contribution in [3.8, 4) is 0 Å². The molecule has 0 bridgehead atoms. The van der Waals surface area contributed by atoms with E-state index in [9.17, 15) is 14.4 Å². The van der Waals surface area contributed by atoms with Crippen LogP contribution in [0.25, 0.3) is 0 Å². The first-order valence-electron chi connectivity index (χ1n) is 8.42. The van der Waals surface area contributed by atoms with Crippen molar-refractivity contribution in [3.05, 3.63) is 29.8 Å². The van der Waals surface area contributed by atoms with Crippen molar-refractivity contribution >= 4 is 23.6 Å². The van der Waals surface area contributed by atoms with Gasteiger partial charge in [0.1, 0.15) is 12.1 Å². The van der Waals surface area contributed by atoms with Gasteiger partial charge in [0, 0.05) is 17.6 Å². The maximum absolute atomic E-state index is 12.2. The van der Waals surface area contributed by atoms with Crippen molar-refractivity contribution in [3.63, 3.8) is 0 Å². The Balaban J connectivity index is 1.68. The zero-order valence-corrected chi connectivity index (χ0v) is 14.7. The van der Waals surface area contributed by atoms with Gasteiger partial charge in [0.25, 0.3) is 0 Å². The van der Waals surface area contributed by atoms with E-state index in [0.29, 0.717) is 13.0 Å². The van der Waals surface area contributed by atoms with Crippen LogP contribution >= 0.6 is 0 Å². The number of rotatable bonds is 3. The van der Waals surface area contributed by atoms with Crippen LogP contribution in [0.2, 0.25) is 0 Å². The summed E-state index contributed by atoms with van der Waals surface area (Å²) in [6.45, 7) is 6.55. The molecule has 1 aromatic carbocycles. The molecule has 2 heterocycles. The Morgan fingerprint density at radius 3 is 2.44 bits per heavy atom. The molecule has 2 aliphatic rings. The molecule has 3 amide bonds. The normalized spacial score (nSPS) is 24.1. The molecule has 2 unspecified atom stereocenters. The van der Waals surface area contributed by atoms with E-state index in [1.165, 1.54) is 4.90 Å². The highest BCUT2D eigenvalue weighted by atomic mass is 16.6. The summed E-state index contributed by atoms with van der Waals surface area (Å²) >= 11 is 0. The van der Waals surface area contributed by atoms with E-state index in [1.54, 1.807) is 0 Å². The van der Waals surface area contributed by atoms with E-state index in [4.69, 9.17) is 4.74 Å². The molecule has 7 nitrogen and oxygen atoms in total. The number of amides is 3. The summed E-state index contributed by atoms with van der Waals surface area (Å²) in [4.78, 5) is 36.8. The lowest BCUT2D eigenvalue weighted by molar-refractivity contribution is -0.136. The van der Waals surface area contributed by atoms with Crippen molar-refractivity contribution in [2.24, 2.45) is 0 Å². The van der Waals surface area contributed by atoms with Gasteiger partial charge in [-0.2, -0.15) is 0 Å². The van der Waals surface area contributed by atoms with E-state index >= 15 is 0 Å². The Bertz CT molecular complexity index is 693. The quantitative estimate of drug-likeness (QED) is 0.820. The van der Waals surface area contributed by atoms with Crippen LogP contribution in [0.3, 0.4) is 0 Å². The molecule has 2 saturated heterocycles. The molecule has 0 spiro atoms. The summed E-state index contributed by atoms with van der Waals surface area (Å²) in [6.07, 6.45) is -0.364. The summed E-state index contributed by atoms with van der Waals surface area (Å²) < 4.78 is 5.43. The van der Waals surface area contributed by atoms with Gasteiger partial charge < -0.3 is 10.1 Å². The van der Waals surface area contributed by atoms with Gasteiger partial charge in [-0.1, -0.05) is 12.1 Å². The van der Waals surface area contributed by atoms with Gasteiger partial charge in [-0.25, -0.2) is 4.79 Å². The van der Waals surface area contributed by atoms with Crippen molar-refractivity contribution in [1.29, 1.82) is 0 Å². The first kappa shape index (κ1) is 17.3. The van der Waals surface area contributed by atoms with Gasteiger partial charge in [0.05, 0.1) is 6.54 Å². The third-order valence-electron chi connectivity index (χ3n) is 4.23. The van der Waals surface area contributed by atoms with Crippen LogP contribution in [-0.2, 0) is 14.3 Å². The molecule has 2 fully saturated rings. The van der Waals surface area contributed by atoms with Crippen LogP contribution in [0.4, 0.5) is 10.5 Å². The van der Waals surface area contributed by atoms with Gasteiger partial charge in [-0.05, 0) is 44.9 Å². The molecule has 3 rings (SSSR count). The van der Waals surface area contributed by atoms with Crippen molar-refractivity contribution in [2.75, 3.05) is 11.9 Å². The second kappa shape index (κ2) is 6.38. The summed E-state index contributed by atoms with van der Waals surface area (Å²) in [5.74, 6) is -0.731. The van der Waals surface area contributed by atoms with Gasteiger partial charge in [0.2, 0.25) is 11.8 Å². The number of nitrogens with one attached hydrogen (secondary N) is 2.